The summed E-state index contributed by atoms with van der Waals surface area (Å²) in [6, 6.07) is 13.1. The van der Waals surface area contributed by atoms with Gasteiger partial charge in [0.25, 0.3) is 0 Å². The first kappa shape index (κ1) is 19.2. The first-order chi connectivity index (χ1) is 15.0. The topological polar surface area (TPSA) is 68.8 Å². The average Bonchev–Trinajstić information content (AvgIpc) is 3.30. The molecule has 0 saturated heterocycles. The largest absolute Gasteiger partial charge is 0.441 e. The van der Waals surface area contributed by atoms with Crippen LogP contribution in [0, 0.1) is 26.6 Å². The summed E-state index contributed by atoms with van der Waals surface area (Å²) in [5, 5.41) is 4.29. The van der Waals surface area contributed by atoms with Gasteiger partial charge in [-0.3, -0.25) is 0 Å². The minimum atomic E-state index is -0.198. The summed E-state index contributed by atoms with van der Waals surface area (Å²) < 4.78 is 22.0. The Balaban J connectivity index is 1.35. The normalized spacial score (nSPS) is 11.5. The summed E-state index contributed by atoms with van der Waals surface area (Å²) in [5.41, 5.74) is 6.05. The maximum Gasteiger partial charge on any atom is 0.192 e. The number of hydrogen-bond acceptors (Lipinski definition) is 5. The van der Waals surface area contributed by atoms with Crippen LogP contribution in [-0.2, 0) is 6.54 Å². The third-order valence-corrected chi connectivity index (χ3v) is 5.53. The maximum atomic E-state index is 14.5. The van der Waals surface area contributed by atoms with Crippen LogP contribution in [0.5, 0.6) is 0 Å². The molecule has 5 rings (SSSR count). The Morgan fingerprint density at radius 3 is 2.77 bits per heavy atom. The van der Waals surface area contributed by atoms with Gasteiger partial charge in [-0.1, -0.05) is 6.07 Å². The van der Waals surface area contributed by atoms with Crippen LogP contribution >= 0.6 is 0 Å². The molecule has 2 aromatic carbocycles. The van der Waals surface area contributed by atoms with Crippen molar-refractivity contribution >= 4 is 27.8 Å². The number of nitrogens with one attached hydrogen (secondary N) is 1. The van der Waals surface area contributed by atoms with Crippen molar-refractivity contribution < 1.29 is 8.81 Å². The fourth-order valence-corrected chi connectivity index (χ4v) is 4.00. The summed E-state index contributed by atoms with van der Waals surface area (Å²) in [7, 11) is 0. The number of oxazole rings is 1. The van der Waals surface area contributed by atoms with Crippen LogP contribution in [0.1, 0.15) is 17.1 Å². The Bertz CT molecular complexity index is 1420. The van der Waals surface area contributed by atoms with Gasteiger partial charge in [0.15, 0.2) is 11.5 Å². The number of fused-ring (bicyclic) bond motifs is 2. The Kier molecular flexibility index (Phi) is 4.66. The molecule has 31 heavy (non-hydrogen) atoms. The van der Waals surface area contributed by atoms with Gasteiger partial charge in [-0.25, -0.2) is 19.3 Å². The van der Waals surface area contributed by atoms with E-state index in [1.54, 1.807) is 0 Å². The van der Waals surface area contributed by atoms with Gasteiger partial charge in [0.2, 0.25) is 0 Å². The monoisotopic (exact) mass is 415 g/mol. The summed E-state index contributed by atoms with van der Waals surface area (Å²) in [5.74, 6) is 1.15. The van der Waals surface area contributed by atoms with E-state index in [2.05, 4.69) is 20.3 Å². The van der Waals surface area contributed by atoms with Crippen molar-refractivity contribution in [2.75, 3.05) is 11.9 Å². The van der Waals surface area contributed by atoms with Crippen molar-refractivity contribution in [2.45, 2.75) is 27.3 Å². The molecule has 3 aromatic heterocycles. The number of aromatic nitrogens is 4. The number of aryl methyl sites for hydroxylation is 3. The average molecular weight is 415 g/mol. The summed E-state index contributed by atoms with van der Waals surface area (Å²) in [4.78, 5) is 13.1. The molecule has 0 radical (unpaired) electrons. The standard InChI is InChI=1S/C24H22FN5O/c1-14-4-6-19(25)24-18(14)10-15(2)30(24)9-8-26-23-12-20(27-13-28-23)17-5-7-22-21(11-17)29-16(3)31-22/h4-7,10-13H,8-9H2,1-3H3,(H,26,27,28). The van der Waals surface area contributed by atoms with Gasteiger partial charge in [0, 0.05) is 42.7 Å². The van der Waals surface area contributed by atoms with Crippen LogP contribution in [0.4, 0.5) is 10.2 Å². The number of anilines is 1. The zero-order valence-corrected chi connectivity index (χ0v) is 17.6. The molecular weight excluding hydrogens is 393 g/mol. The van der Waals surface area contributed by atoms with E-state index in [4.69, 9.17) is 4.42 Å². The molecule has 0 aliphatic carbocycles. The van der Waals surface area contributed by atoms with Gasteiger partial charge in [-0.2, -0.15) is 0 Å². The molecule has 1 N–H and O–H groups in total. The van der Waals surface area contributed by atoms with E-state index in [0.29, 0.717) is 30.3 Å². The lowest BCUT2D eigenvalue weighted by molar-refractivity contribution is 0.561. The molecule has 0 aliphatic heterocycles. The minimum absolute atomic E-state index is 0.198. The second-order valence-corrected chi connectivity index (χ2v) is 7.69. The molecule has 6 nitrogen and oxygen atoms in total. The zero-order valence-electron chi connectivity index (χ0n) is 17.6. The Morgan fingerprint density at radius 2 is 1.90 bits per heavy atom. The first-order valence-corrected chi connectivity index (χ1v) is 10.2. The third-order valence-electron chi connectivity index (χ3n) is 5.53. The molecule has 3 heterocycles. The van der Waals surface area contributed by atoms with Crippen molar-refractivity contribution in [1.82, 2.24) is 19.5 Å². The van der Waals surface area contributed by atoms with Gasteiger partial charge < -0.3 is 14.3 Å². The molecule has 0 aliphatic rings. The van der Waals surface area contributed by atoms with E-state index in [1.165, 1.54) is 12.4 Å². The number of rotatable bonds is 5. The zero-order chi connectivity index (χ0) is 21.5. The van der Waals surface area contributed by atoms with Gasteiger partial charge in [0.05, 0.1) is 11.2 Å². The molecule has 156 valence electrons. The summed E-state index contributed by atoms with van der Waals surface area (Å²) >= 11 is 0. The lowest BCUT2D eigenvalue weighted by Gasteiger charge is -2.11. The molecule has 0 bridgehead atoms. The molecule has 7 heteroatoms. The minimum Gasteiger partial charge on any atom is -0.441 e. The first-order valence-electron chi connectivity index (χ1n) is 10.2. The number of hydrogen-bond donors (Lipinski definition) is 1. The van der Waals surface area contributed by atoms with E-state index in [9.17, 15) is 4.39 Å². The highest BCUT2D eigenvalue weighted by molar-refractivity contribution is 5.85. The highest BCUT2D eigenvalue weighted by Crippen LogP contribution is 2.26. The fourth-order valence-electron chi connectivity index (χ4n) is 4.00. The molecule has 0 saturated carbocycles. The number of halogens is 1. The van der Waals surface area contributed by atoms with Crippen LogP contribution in [-0.4, -0.2) is 26.1 Å². The van der Waals surface area contributed by atoms with Crippen molar-refractivity contribution in [3.8, 4) is 11.3 Å². The molecule has 0 amide bonds. The predicted octanol–water partition coefficient (Wildman–Crippen LogP) is 5.42. The molecular formula is C24H22FN5O. The van der Waals surface area contributed by atoms with Crippen molar-refractivity contribution in [1.29, 1.82) is 0 Å². The SMILES string of the molecule is Cc1nc2cc(-c3cc(NCCn4c(C)cc5c(C)ccc(F)c54)ncn3)ccc2o1. The van der Waals surface area contributed by atoms with Crippen molar-refractivity contribution in [3.05, 3.63) is 71.8 Å². The fraction of sp³-hybridized carbons (Fsp3) is 0.208. The van der Waals surface area contributed by atoms with E-state index in [-0.39, 0.29) is 5.82 Å². The summed E-state index contributed by atoms with van der Waals surface area (Å²) in [6.07, 6.45) is 1.54. The summed E-state index contributed by atoms with van der Waals surface area (Å²) in [6.45, 7) is 7.07. The van der Waals surface area contributed by atoms with Crippen molar-refractivity contribution in [2.24, 2.45) is 0 Å². The van der Waals surface area contributed by atoms with Crippen molar-refractivity contribution in [3.63, 3.8) is 0 Å². The van der Waals surface area contributed by atoms with Gasteiger partial charge in [-0.05, 0) is 49.7 Å². The highest BCUT2D eigenvalue weighted by Gasteiger charge is 2.12. The van der Waals surface area contributed by atoms with Gasteiger partial charge in [0.1, 0.15) is 23.5 Å². The van der Waals surface area contributed by atoms with E-state index >= 15 is 0 Å². The number of nitrogens with zero attached hydrogens (tertiary/aromatic N) is 4. The predicted molar refractivity (Wildman–Crippen MR) is 120 cm³/mol. The van der Waals surface area contributed by atoms with Crippen LogP contribution in [0.15, 0.2) is 53.2 Å². The lowest BCUT2D eigenvalue weighted by atomic mass is 10.1. The molecule has 0 unspecified atom stereocenters. The molecule has 0 atom stereocenters. The van der Waals surface area contributed by atoms with Gasteiger partial charge in [-0.15, -0.1) is 0 Å². The van der Waals surface area contributed by atoms with E-state index in [0.717, 1.165) is 39.0 Å². The third kappa shape index (κ3) is 3.52. The quantitative estimate of drug-likeness (QED) is 0.415. The molecule has 5 aromatic rings. The van der Waals surface area contributed by atoms with Crippen LogP contribution < -0.4 is 5.32 Å². The van der Waals surface area contributed by atoms with Crippen LogP contribution in [0.2, 0.25) is 0 Å². The lowest BCUT2D eigenvalue weighted by Crippen LogP contribution is -2.13. The maximum absolute atomic E-state index is 14.5. The highest BCUT2D eigenvalue weighted by atomic mass is 19.1. The molecule has 0 fully saturated rings. The Morgan fingerprint density at radius 1 is 1.03 bits per heavy atom. The second-order valence-electron chi connectivity index (χ2n) is 7.69. The molecule has 0 spiro atoms. The van der Waals surface area contributed by atoms with Crippen LogP contribution in [0.3, 0.4) is 0 Å². The smallest absolute Gasteiger partial charge is 0.192 e. The Hall–Kier alpha value is -3.74. The number of benzene rings is 2. The van der Waals surface area contributed by atoms with Crippen LogP contribution in [0.25, 0.3) is 33.3 Å². The van der Waals surface area contributed by atoms with E-state index in [1.807, 2.05) is 61.7 Å². The Labute approximate surface area is 178 Å². The van der Waals surface area contributed by atoms with Gasteiger partial charge >= 0.3 is 0 Å². The second kappa shape index (κ2) is 7.50. The van der Waals surface area contributed by atoms with E-state index < -0.39 is 0 Å².